The van der Waals surface area contributed by atoms with Gasteiger partial charge in [0.15, 0.2) is 5.54 Å². The van der Waals surface area contributed by atoms with E-state index in [1.54, 1.807) is 18.2 Å². The number of pyridine rings is 1. The molecule has 3 aromatic rings. The van der Waals surface area contributed by atoms with E-state index in [9.17, 15) is 4.39 Å². The summed E-state index contributed by atoms with van der Waals surface area (Å²) in [6.45, 7) is 0.248. The number of amidine groups is 1. The molecule has 0 unspecified atom stereocenters. The topological polar surface area (TPSA) is 69.7 Å². The van der Waals surface area contributed by atoms with Gasteiger partial charge in [-0.05, 0) is 48.0 Å². The van der Waals surface area contributed by atoms with Crippen molar-refractivity contribution >= 4 is 22.0 Å². The van der Waals surface area contributed by atoms with Gasteiger partial charge in [-0.2, -0.15) is 4.39 Å². The molecule has 2 aliphatic heterocycles. The maximum Gasteiger partial charge on any atom is 0.283 e. The Morgan fingerprint density at radius 2 is 1.85 bits per heavy atom. The number of aromatic nitrogens is 1. The summed E-state index contributed by atoms with van der Waals surface area (Å²) in [5.41, 5.74) is 7.73. The number of rotatable bonds is 1. The fourth-order valence-electron chi connectivity index (χ4n) is 3.60. The summed E-state index contributed by atoms with van der Waals surface area (Å²) in [6.07, 6.45) is 1.42. The molecule has 0 bridgehead atoms. The highest BCUT2D eigenvalue weighted by atomic mass is 79.9. The molecule has 1 aromatic heterocycles. The van der Waals surface area contributed by atoms with Crippen LogP contribution in [0.5, 0.6) is 11.5 Å². The minimum Gasteiger partial charge on any atom is -0.462 e. The zero-order valence-corrected chi connectivity index (χ0v) is 15.5. The highest BCUT2D eigenvalue weighted by Crippen LogP contribution is 2.52. The highest BCUT2D eigenvalue weighted by molar-refractivity contribution is 9.10. The van der Waals surface area contributed by atoms with Crippen LogP contribution < -0.4 is 10.5 Å². The first kappa shape index (κ1) is 16.3. The van der Waals surface area contributed by atoms with Crippen LogP contribution in [0.1, 0.15) is 11.1 Å². The Morgan fingerprint density at radius 3 is 2.59 bits per heavy atom. The number of nitrogens with zero attached hydrogens (tertiary/aromatic N) is 2. The number of hydrogen-bond donors (Lipinski definition) is 1. The molecule has 5 nitrogen and oxygen atoms in total. The molecule has 27 heavy (non-hydrogen) atoms. The molecule has 1 spiro atoms. The molecule has 7 heteroatoms. The summed E-state index contributed by atoms with van der Waals surface area (Å²) in [4.78, 5) is 8.36. The summed E-state index contributed by atoms with van der Waals surface area (Å²) in [7, 11) is 0. The number of halogens is 2. The Morgan fingerprint density at radius 1 is 1.07 bits per heavy atom. The molecule has 5 rings (SSSR count). The lowest BCUT2D eigenvalue weighted by Crippen LogP contribution is -2.31. The fourth-order valence-corrected chi connectivity index (χ4v) is 3.96. The number of hydrogen-bond acceptors (Lipinski definition) is 5. The number of aliphatic imine (C=N–C) groups is 1. The average molecular weight is 426 g/mol. The zero-order chi connectivity index (χ0) is 18.6. The van der Waals surface area contributed by atoms with Crippen molar-refractivity contribution in [2.45, 2.75) is 5.54 Å². The second-order valence-electron chi connectivity index (χ2n) is 6.39. The van der Waals surface area contributed by atoms with Crippen LogP contribution in [-0.4, -0.2) is 17.6 Å². The van der Waals surface area contributed by atoms with E-state index in [1.807, 2.05) is 30.3 Å². The lowest BCUT2D eigenvalue weighted by atomic mass is 9.80. The molecular weight excluding hydrogens is 413 g/mol. The van der Waals surface area contributed by atoms with Gasteiger partial charge in [0.2, 0.25) is 5.95 Å². The lowest BCUT2D eigenvalue weighted by molar-refractivity contribution is 0.264. The van der Waals surface area contributed by atoms with Crippen LogP contribution in [0.4, 0.5) is 4.39 Å². The fraction of sp³-hybridized carbons (Fsp3) is 0.100. The van der Waals surface area contributed by atoms with Crippen molar-refractivity contribution in [2.75, 3.05) is 6.61 Å². The normalized spacial score (nSPS) is 19.7. The van der Waals surface area contributed by atoms with Crippen molar-refractivity contribution in [3.05, 3.63) is 76.3 Å². The molecule has 2 N–H and O–H groups in total. The molecule has 0 radical (unpaired) electrons. The van der Waals surface area contributed by atoms with Crippen LogP contribution in [0.15, 0.2) is 64.2 Å². The summed E-state index contributed by atoms with van der Waals surface area (Å²) in [5.74, 6) is 0.796. The van der Waals surface area contributed by atoms with E-state index in [1.165, 1.54) is 6.20 Å². The van der Waals surface area contributed by atoms with Gasteiger partial charge in [0, 0.05) is 27.4 Å². The molecule has 0 amide bonds. The van der Waals surface area contributed by atoms with Gasteiger partial charge in [-0.3, -0.25) is 0 Å². The maximum atomic E-state index is 14.2. The second-order valence-corrected chi connectivity index (χ2v) is 7.31. The van der Waals surface area contributed by atoms with Crippen molar-refractivity contribution in [1.82, 2.24) is 4.98 Å². The van der Waals surface area contributed by atoms with Crippen LogP contribution in [0, 0.1) is 5.95 Å². The van der Waals surface area contributed by atoms with E-state index in [4.69, 9.17) is 15.2 Å². The van der Waals surface area contributed by atoms with Crippen molar-refractivity contribution in [2.24, 2.45) is 10.7 Å². The zero-order valence-electron chi connectivity index (χ0n) is 13.9. The highest BCUT2D eigenvalue weighted by Gasteiger charge is 2.47. The van der Waals surface area contributed by atoms with Gasteiger partial charge in [0.05, 0.1) is 0 Å². The van der Waals surface area contributed by atoms with Gasteiger partial charge >= 0.3 is 0 Å². The van der Waals surface area contributed by atoms with Crippen molar-refractivity contribution in [3.8, 4) is 22.6 Å². The largest absolute Gasteiger partial charge is 0.462 e. The van der Waals surface area contributed by atoms with E-state index in [0.29, 0.717) is 22.6 Å². The minimum atomic E-state index is -0.842. The molecule has 0 fully saturated rings. The smallest absolute Gasteiger partial charge is 0.283 e. The van der Waals surface area contributed by atoms with Gasteiger partial charge in [-0.15, -0.1) is 0 Å². The maximum absolute atomic E-state index is 14.2. The van der Waals surface area contributed by atoms with Crippen molar-refractivity contribution in [3.63, 3.8) is 0 Å². The summed E-state index contributed by atoms with van der Waals surface area (Å²) in [5, 5.41) is 0. The molecule has 1 atom stereocenters. The monoisotopic (exact) mass is 425 g/mol. The molecule has 3 heterocycles. The van der Waals surface area contributed by atoms with Crippen LogP contribution >= 0.6 is 15.9 Å². The summed E-state index contributed by atoms with van der Waals surface area (Å²) < 4.78 is 26.7. The number of ether oxygens (including phenoxy) is 2. The molecule has 0 saturated carbocycles. The number of fused-ring (bicyclic) bond motifs is 4. The van der Waals surface area contributed by atoms with Crippen molar-refractivity contribution < 1.29 is 13.9 Å². The second kappa shape index (κ2) is 5.79. The number of benzene rings is 2. The van der Waals surface area contributed by atoms with E-state index >= 15 is 0 Å². The Kier molecular flexibility index (Phi) is 3.48. The van der Waals surface area contributed by atoms with E-state index in [-0.39, 0.29) is 12.6 Å². The van der Waals surface area contributed by atoms with E-state index < -0.39 is 11.5 Å². The van der Waals surface area contributed by atoms with Gasteiger partial charge in [0.1, 0.15) is 18.1 Å². The average Bonchev–Trinajstić information content (AvgIpc) is 3.06. The Hall–Kier alpha value is -2.93. The quantitative estimate of drug-likeness (QED) is 0.588. The molecule has 2 aromatic carbocycles. The molecular formula is C20H13BrFN3O2. The molecule has 0 saturated heterocycles. The van der Waals surface area contributed by atoms with Gasteiger partial charge in [0.25, 0.3) is 6.02 Å². The van der Waals surface area contributed by atoms with Crippen LogP contribution in [0.3, 0.4) is 0 Å². The summed E-state index contributed by atoms with van der Waals surface area (Å²) in [6, 6.07) is 14.7. The molecule has 0 aliphatic carbocycles. The summed E-state index contributed by atoms with van der Waals surface area (Å²) >= 11 is 3.50. The van der Waals surface area contributed by atoms with Gasteiger partial charge in [-0.1, -0.05) is 22.0 Å². The van der Waals surface area contributed by atoms with Crippen LogP contribution in [0.25, 0.3) is 11.1 Å². The Balaban J connectivity index is 1.76. The Labute approximate surface area is 162 Å². The van der Waals surface area contributed by atoms with Gasteiger partial charge < -0.3 is 15.2 Å². The standard InChI is InChI=1S/C20H13BrFN3O2/c21-12-4-6-17-15(9-12)20(10-26-19(23)25-20)14-8-11(3-5-16(14)27-17)13-2-1-7-24-18(13)22/h1-9H,10H2,(H2,23,25)/t20-/m0/s1. The third-order valence-electron chi connectivity index (χ3n) is 4.83. The third-order valence-corrected chi connectivity index (χ3v) is 5.33. The Bertz CT molecular complexity index is 1120. The number of nitrogens with two attached hydrogens (primary N) is 1. The van der Waals surface area contributed by atoms with Crippen molar-refractivity contribution in [1.29, 1.82) is 0 Å². The molecule has 134 valence electrons. The first-order valence-electron chi connectivity index (χ1n) is 8.28. The first-order chi connectivity index (χ1) is 13.1. The van der Waals surface area contributed by atoms with E-state index in [0.717, 1.165) is 15.6 Å². The minimum absolute atomic E-state index is 0.117. The van der Waals surface area contributed by atoms with Crippen LogP contribution in [-0.2, 0) is 10.3 Å². The predicted octanol–water partition coefficient (Wildman–Crippen LogP) is 4.34. The van der Waals surface area contributed by atoms with Gasteiger partial charge in [-0.25, -0.2) is 9.98 Å². The van der Waals surface area contributed by atoms with E-state index in [2.05, 4.69) is 25.9 Å². The molecule has 2 aliphatic rings. The lowest BCUT2D eigenvalue weighted by Gasteiger charge is -2.33. The first-order valence-corrected chi connectivity index (χ1v) is 9.07. The SMILES string of the molecule is NC1=N[C@]2(CO1)c1cc(Br)ccc1Oc1ccc(-c3cccnc3F)cc12. The van der Waals surface area contributed by atoms with Crippen LogP contribution in [0.2, 0.25) is 0 Å². The third kappa shape index (κ3) is 2.42. The predicted molar refractivity (Wildman–Crippen MR) is 102 cm³/mol.